The Morgan fingerprint density at radius 2 is 1.16 bits per heavy atom. The van der Waals surface area contributed by atoms with Crippen molar-refractivity contribution < 1.29 is 9.59 Å². The van der Waals surface area contributed by atoms with Crippen molar-refractivity contribution in [1.82, 2.24) is 10.6 Å². The van der Waals surface area contributed by atoms with Gasteiger partial charge in [-0.3, -0.25) is 20.2 Å². The quantitative estimate of drug-likeness (QED) is 0.313. The van der Waals surface area contributed by atoms with E-state index in [1.807, 2.05) is 39.5 Å². The molecular weight excluding hydrogens is 336 g/mol. The number of amides is 2. The van der Waals surface area contributed by atoms with Gasteiger partial charge >= 0.3 is 0 Å². The van der Waals surface area contributed by atoms with Crippen LogP contribution in [0.4, 0.5) is 0 Å². The average Bonchev–Trinajstić information content (AvgIpc) is 2.53. The molecule has 0 fully saturated rings. The van der Waals surface area contributed by atoms with Gasteiger partial charge in [0.1, 0.15) is 0 Å². The highest BCUT2D eigenvalue weighted by Crippen LogP contribution is 2.25. The normalized spacial score (nSPS) is 11.3. The Kier molecular flexibility index (Phi) is 10.9. The van der Waals surface area contributed by atoms with Gasteiger partial charge in [0, 0.05) is 10.8 Å². The Balaban J connectivity index is 3.72. The fourth-order valence-electron chi connectivity index (χ4n) is 2.31. The van der Waals surface area contributed by atoms with Gasteiger partial charge in [0.2, 0.25) is 11.8 Å². The molecule has 0 aliphatic carbocycles. The van der Waals surface area contributed by atoms with Crippen molar-refractivity contribution in [3.05, 3.63) is 0 Å². The van der Waals surface area contributed by atoms with Crippen LogP contribution < -0.4 is 10.6 Å². The molecule has 2 N–H and O–H groups in total. The lowest BCUT2D eigenvalue weighted by Gasteiger charge is -2.21. The minimum atomic E-state index is -0.504. The van der Waals surface area contributed by atoms with Crippen molar-refractivity contribution in [1.29, 1.82) is 10.5 Å². The van der Waals surface area contributed by atoms with Gasteiger partial charge in [-0.15, -0.1) is 0 Å². The zero-order valence-corrected chi connectivity index (χ0v) is 16.6. The van der Waals surface area contributed by atoms with Gasteiger partial charge in [-0.05, 0) is 37.2 Å². The molecule has 0 aliphatic heterocycles. The highest BCUT2D eigenvalue weighted by molar-refractivity contribution is 7.99. The molecule has 6 nitrogen and oxygen atoms in total. The highest BCUT2D eigenvalue weighted by atomic mass is 32.2. The summed E-state index contributed by atoms with van der Waals surface area (Å²) in [4.78, 5) is 23.4. The summed E-state index contributed by atoms with van der Waals surface area (Å²) in [5, 5.41) is 21.4. The topological polar surface area (TPSA) is 106 Å². The molecular formula is C18H30N4O2S. The molecule has 0 aliphatic rings. The van der Waals surface area contributed by atoms with Gasteiger partial charge in [-0.1, -0.05) is 40.5 Å². The number of nitrogens with one attached hydrogen (secondary N) is 2. The van der Waals surface area contributed by atoms with Crippen LogP contribution >= 0.6 is 11.8 Å². The Morgan fingerprint density at radius 3 is 1.48 bits per heavy atom. The zero-order valence-electron chi connectivity index (χ0n) is 15.8. The van der Waals surface area contributed by atoms with Crippen molar-refractivity contribution >= 4 is 23.6 Å². The van der Waals surface area contributed by atoms with Gasteiger partial charge in [0.05, 0.1) is 0 Å². The van der Waals surface area contributed by atoms with E-state index in [-0.39, 0.29) is 11.8 Å². The highest BCUT2D eigenvalue weighted by Gasteiger charge is 2.27. The number of hydrogen-bond acceptors (Lipinski definition) is 5. The van der Waals surface area contributed by atoms with E-state index in [0.29, 0.717) is 0 Å². The van der Waals surface area contributed by atoms with E-state index in [0.717, 1.165) is 50.0 Å². The molecule has 0 radical (unpaired) electrons. The van der Waals surface area contributed by atoms with Crippen LogP contribution in [0.1, 0.15) is 66.2 Å². The smallest absolute Gasteiger partial charge is 0.238 e. The third-order valence-electron chi connectivity index (χ3n) is 4.25. The minimum Gasteiger partial charge on any atom is -0.273 e. The molecule has 25 heavy (non-hydrogen) atoms. The van der Waals surface area contributed by atoms with Crippen molar-refractivity contribution in [3.63, 3.8) is 0 Å². The van der Waals surface area contributed by atoms with Gasteiger partial charge in [-0.25, -0.2) is 0 Å². The molecule has 140 valence electrons. The number of nitrogens with zero attached hydrogens (tertiary/aromatic N) is 2. The molecule has 0 spiro atoms. The first-order valence-corrected chi connectivity index (χ1v) is 9.79. The van der Waals surface area contributed by atoms with Crippen molar-refractivity contribution in [2.45, 2.75) is 66.2 Å². The summed E-state index contributed by atoms with van der Waals surface area (Å²) in [6.07, 6.45) is 8.91. The summed E-state index contributed by atoms with van der Waals surface area (Å²) in [5.74, 6) is 1.67. The number of unbranched alkanes of at least 4 members (excludes halogenated alkanes) is 2. The van der Waals surface area contributed by atoms with Crippen molar-refractivity contribution in [3.8, 4) is 12.4 Å². The molecule has 0 aromatic heterocycles. The lowest BCUT2D eigenvalue weighted by atomic mass is 9.86. The summed E-state index contributed by atoms with van der Waals surface area (Å²) in [5.41, 5.74) is -1.01. The van der Waals surface area contributed by atoms with Gasteiger partial charge in [-0.2, -0.15) is 22.3 Å². The fourth-order valence-corrected chi connectivity index (χ4v) is 3.33. The molecule has 0 saturated heterocycles. The second-order valence-corrected chi connectivity index (χ2v) is 8.65. The first-order chi connectivity index (χ1) is 11.7. The predicted molar refractivity (Wildman–Crippen MR) is 100 cm³/mol. The van der Waals surface area contributed by atoms with Gasteiger partial charge in [0.25, 0.3) is 0 Å². The largest absolute Gasteiger partial charge is 0.273 e. The first-order valence-electron chi connectivity index (χ1n) is 8.64. The monoisotopic (exact) mass is 366 g/mol. The van der Waals surface area contributed by atoms with Crippen LogP contribution in [-0.2, 0) is 9.59 Å². The minimum absolute atomic E-state index is 0.217. The first kappa shape index (κ1) is 23.3. The Labute approximate surface area is 155 Å². The van der Waals surface area contributed by atoms with Crippen LogP contribution in [0.25, 0.3) is 0 Å². The van der Waals surface area contributed by atoms with E-state index in [2.05, 4.69) is 10.6 Å². The number of thioether (sulfide) groups is 1. The van der Waals surface area contributed by atoms with Gasteiger partial charge < -0.3 is 0 Å². The Morgan fingerprint density at radius 1 is 0.800 bits per heavy atom. The number of carbonyl (C=O) groups excluding carboxylic acids is 2. The molecule has 0 aromatic carbocycles. The average molecular weight is 367 g/mol. The maximum absolute atomic E-state index is 11.7. The molecule has 0 bridgehead atoms. The van der Waals surface area contributed by atoms with Crippen LogP contribution in [0.3, 0.4) is 0 Å². The number of hydrogen-bond donors (Lipinski definition) is 2. The molecule has 7 heteroatoms. The maximum atomic E-state index is 11.7. The van der Waals surface area contributed by atoms with Crippen molar-refractivity contribution in [2.24, 2.45) is 10.8 Å². The standard InChI is InChI=1S/C18H30N4O2S/c1-17(2,15(23)21-13-19)9-5-7-11-25-12-8-6-10-18(3,4)16(24)22-14-20/h5-12H2,1-4H3,(H,21,23)(H,22,24). The molecule has 0 saturated carbocycles. The Hall–Kier alpha value is -1.73. The van der Waals surface area contributed by atoms with Crippen LogP contribution in [0.2, 0.25) is 0 Å². The molecule has 0 atom stereocenters. The maximum Gasteiger partial charge on any atom is 0.238 e. The van der Waals surface area contributed by atoms with Crippen LogP contribution in [0.15, 0.2) is 0 Å². The van der Waals surface area contributed by atoms with E-state index in [1.54, 1.807) is 12.4 Å². The third kappa shape index (κ3) is 9.99. The lowest BCUT2D eigenvalue weighted by molar-refractivity contribution is -0.129. The lowest BCUT2D eigenvalue weighted by Crippen LogP contribution is -2.34. The molecule has 0 heterocycles. The molecule has 0 rings (SSSR count). The van der Waals surface area contributed by atoms with E-state index in [1.165, 1.54) is 0 Å². The summed E-state index contributed by atoms with van der Waals surface area (Å²) in [6, 6.07) is 0. The Bertz CT molecular complexity index is 472. The fraction of sp³-hybridized carbons (Fsp3) is 0.778. The second-order valence-electron chi connectivity index (χ2n) is 7.43. The van der Waals surface area contributed by atoms with Crippen LogP contribution in [-0.4, -0.2) is 23.3 Å². The second kappa shape index (κ2) is 11.8. The molecule has 2 amide bonds. The molecule has 0 unspecified atom stereocenters. The number of carbonyl (C=O) groups is 2. The predicted octanol–water partition coefficient (Wildman–Crippen LogP) is 3.31. The van der Waals surface area contributed by atoms with Gasteiger partial charge in [0.15, 0.2) is 12.4 Å². The van der Waals surface area contributed by atoms with Crippen LogP contribution in [0, 0.1) is 33.7 Å². The number of nitriles is 2. The van der Waals surface area contributed by atoms with E-state index < -0.39 is 10.8 Å². The third-order valence-corrected chi connectivity index (χ3v) is 5.40. The zero-order chi connectivity index (χ0) is 19.3. The number of rotatable bonds is 12. The molecule has 0 aromatic rings. The van der Waals surface area contributed by atoms with Crippen LogP contribution in [0.5, 0.6) is 0 Å². The SMILES string of the molecule is CC(C)(CCCCSCCCCC(C)(C)C(=O)NC#N)C(=O)NC#N. The summed E-state index contributed by atoms with van der Waals surface area (Å²) < 4.78 is 0. The van der Waals surface area contributed by atoms with E-state index in [4.69, 9.17) is 10.5 Å². The van der Waals surface area contributed by atoms with E-state index >= 15 is 0 Å². The summed E-state index contributed by atoms with van der Waals surface area (Å²) in [7, 11) is 0. The van der Waals surface area contributed by atoms with E-state index in [9.17, 15) is 9.59 Å². The van der Waals surface area contributed by atoms with Crippen molar-refractivity contribution in [2.75, 3.05) is 11.5 Å². The summed E-state index contributed by atoms with van der Waals surface area (Å²) in [6.45, 7) is 7.43. The summed E-state index contributed by atoms with van der Waals surface area (Å²) >= 11 is 1.89.